The first-order valence-electron chi connectivity index (χ1n) is 17.5. The van der Waals surface area contributed by atoms with E-state index < -0.39 is 0 Å². The molecule has 0 saturated heterocycles. The zero-order valence-corrected chi connectivity index (χ0v) is 28.4. The van der Waals surface area contributed by atoms with E-state index in [1.165, 1.54) is 0 Å². The average Bonchev–Trinajstić information content (AvgIpc) is 4.06. The molecular formula is C48H34N4. The summed E-state index contributed by atoms with van der Waals surface area (Å²) in [6.07, 6.45) is 12.7. The molecule has 4 nitrogen and oxygen atoms in total. The highest BCUT2D eigenvalue weighted by molar-refractivity contribution is 6.12. The van der Waals surface area contributed by atoms with Crippen molar-refractivity contribution in [3.8, 4) is 22.5 Å². The van der Waals surface area contributed by atoms with Crippen molar-refractivity contribution in [1.82, 2.24) is 9.13 Å². The van der Waals surface area contributed by atoms with Gasteiger partial charge >= 0.3 is 0 Å². The third-order valence-electron chi connectivity index (χ3n) is 9.45. The first-order chi connectivity index (χ1) is 25.8. The number of hydrogen-bond donors (Lipinski definition) is 0. The van der Waals surface area contributed by atoms with Gasteiger partial charge in [-0.3, -0.25) is 0 Å². The van der Waals surface area contributed by atoms with Crippen LogP contribution in [0.15, 0.2) is 228 Å². The normalized spacial score (nSPS) is 15.5. The lowest BCUT2D eigenvalue weighted by molar-refractivity contribution is 1.09. The van der Waals surface area contributed by atoms with E-state index in [0.29, 0.717) is 0 Å². The molecule has 7 aromatic rings. The molecule has 0 fully saturated rings. The van der Waals surface area contributed by atoms with Crippen molar-refractivity contribution in [3.05, 3.63) is 240 Å². The van der Waals surface area contributed by atoms with E-state index in [0.717, 1.165) is 79.0 Å². The van der Waals surface area contributed by atoms with E-state index in [2.05, 4.69) is 204 Å². The Balaban J connectivity index is 1.20. The van der Waals surface area contributed by atoms with E-state index in [-0.39, 0.29) is 0 Å². The van der Waals surface area contributed by atoms with E-state index >= 15 is 0 Å². The third-order valence-corrected chi connectivity index (χ3v) is 9.45. The van der Waals surface area contributed by atoms with Gasteiger partial charge in [-0.1, -0.05) is 146 Å². The maximum Gasteiger partial charge on any atom is 0.0884 e. The van der Waals surface area contributed by atoms with Crippen molar-refractivity contribution in [2.75, 3.05) is 0 Å². The molecule has 0 saturated carbocycles. The van der Waals surface area contributed by atoms with Crippen LogP contribution in [0.3, 0.4) is 0 Å². The number of rotatable bonds is 8. The van der Waals surface area contributed by atoms with Crippen LogP contribution in [0.5, 0.6) is 0 Å². The molecule has 4 heterocycles. The fourth-order valence-corrected chi connectivity index (χ4v) is 6.97. The Hall–Kier alpha value is -7.04. The van der Waals surface area contributed by atoms with Crippen molar-refractivity contribution in [2.24, 2.45) is 9.98 Å². The summed E-state index contributed by atoms with van der Waals surface area (Å²) in [4.78, 5) is 10.4. The lowest BCUT2D eigenvalue weighted by atomic mass is 10.0. The van der Waals surface area contributed by atoms with Crippen LogP contribution in [0.1, 0.15) is 22.3 Å². The molecule has 246 valence electrons. The molecule has 5 aromatic carbocycles. The molecule has 0 N–H and O–H groups in total. The standard InChI is InChI=1S/C48H34N4/c1-5-15-35(16-6-1)41-29-31-43(49-41)47(51-33-13-23-45(51)37-19-9-3-10-20-37)39-25-27-40(28-26-39)48(44-32-30-42(50-44)36-17-7-2-8-18-36)52-34-14-24-46(52)38-21-11-4-12-22-38/h1-34H/b47-43-,48-44+. The van der Waals surface area contributed by atoms with Crippen molar-refractivity contribution in [3.63, 3.8) is 0 Å². The van der Waals surface area contributed by atoms with Crippen LogP contribution in [0.4, 0.5) is 0 Å². The quantitative estimate of drug-likeness (QED) is 0.155. The molecular weight excluding hydrogens is 633 g/mol. The molecule has 4 heteroatoms. The topological polar surface area (TPSA) is 34.6 Å². The second-order valence-corrected chi connectivity index (χ2v) is 12.7. The summed E-state index contributed by atoms with van der Waals surface area (Å²) in [6, 6.07) is 59.1. The Kier molecular flexibility index (Phi) is 8.16. The summed E-state index contributed by atoms with van der Waals surface area (Å²) < 4.78 is 4.52. The molecule has 0 aliphatic carbocycles. The van der Waals surface area contributed by atoms with Crippen LogP contribution in [-0.4, -0.2) is 20.6 Å². The molecule has 52 heavy (non-hydrogen) atoms. The maximum absolute atomic E-state index is 5.19. The second-order valence-electron chi connectivity index (χ2n) is 12.7. The van der Waals surface area contributed by atoms with E-state index in [1.807, 2.05) is 12.1 Å². The smallest absolute Gasteiger partial charge is 0.0884 e. The zero-order valence-electron chi connectivity index (χ0n) is 28.4. The second kappa shape index (κ2) is 13.7. The highest BCUT2D eigenvalue weighted by Gasteiger charge is 2.21. The van der Waals surface area contributed by atoms with Crippen LogP contribution in [0.2, 0.25) is 0 Å². The van der Waals surface area contributed by atoms with Crippen LogP contribution in [0.25, 0.3) is 33.9 Å². The zero-order chi connectivity index (χ0) is 34.7. The highest BCUT2D eigenvalue weighted by Crippen LogP contribution is 2.35. The summed E-state index contributed by atoms with van der Waals surface area (Å²) >= 11 is 0. The van der Waals surface area contributed by atoms with Gasteiger partial charge in [-0.25, -0.2) is 9.98 Å². The Morgan fingerprint density at radius 2 is 0.673 bits per heavy atom. The largest absolute Gasteiger partial charge is 0.314 e. The van der Waals surface area contributed by atoms with E-state index in [1.54, 1.807) is 0 Å². The van der Waals surface area contributed by atoms with Crippen molar-refractivity contribution >= 4 is 22.8 Å². The van der Waals surface area contributed by atoms with Crippen LogP contribution in [0, 0.1) is 0 Å². The Bertz CT molecular complexity index is 2380. The van der Waals surface area contributed by atoms with Crippen LogP contribution < -0.4 is 0 Å². The van der Waals surface area contributed by atoms with Crippen LogP contribution in [-0.2, 0) is 0 Å². The van der Waals surface area contributed by atoms with E-state index in [9.17, 15) is 0 Å². The molecule has 2 aliphatic heterocycles. The summed E-state index contributed by atoms with van der Waals surface area (Å²) in [5.74, 6) is 0. The summed E-state index contributed by atoms with van der Waals surface area (Å²) in [5, 5.41) is 0. The van der Waals surface area contributed by atoms with Gasteiger partial charge in [0.2, 0.25) is 0 Å². The molecule has 0 atom stereocenters. The predicted octanol–water partition coefficient (Wildman–Crippen LogP) is 11.2. The van der Waals surface area contributed by atoms with Gasteiger partial charge in [0.05, 0.1) is 45.6 Å². The number of nitrogens with zero attached hydrogens (tertiary/aromatic N) is 4. The monoisotopic (exact) mass is 666 g/mol. The maximum atomic E-state index is 5.19. The average molecular weight is 667 g/mol. The Labute approximate surface area is 303 Å². The Morgan fingerprint density at radius 1 is 0.327 bits per heavy atom. The van der Waals surface area contributed by atoms with Crippen molar-refractivity contribution in [2.45, 2.75) is 0 Å². The van der Waals surface area contributed by atoms with E-state index in [4.69, 9.17) is 9.98 Å². The van der Waals surface area contributed by atoms with Gasteiger partial charge in [0.1, 0.15) is 0 Å². The Morgan fingerprint density at radius 3 is 1.04 bits per heavy atom. The fraction of sp³-hybridized carbons (Fsp3) is 0. The first-order valence-corrected chi connectivity index (χ1v) is 17.5. The molecule has 0 unspecified atom stereocenters. The molecule has 0 spiro atoms. The number of allylic oxidation sites excluding steroid dienone is 4. The lowest BCUT2D eigenvalue weighted by Crippen LogP contribution is -2.05. The van der Waals surface area contributed by atoms with Gasteiger partial charge in [-0.05, 0) is 59.7 Å². The number of hydrogen-bond acceptors (Lipinski definition) is 2. The highest BCUT2D eigenvalue weighted by atomic mass is 15.0. The fourth-order valence-electron chi connectivity index (χ4n) is 6.97. The summed E-state index contributed by atoms with van der Waals surface area (Å²) in [6.45, 7) is 0. The minimum Gasteiger partial charge on any atom is -0.314 e. The minimum atomic E-state index is 0.908. The third kappa shape index (κ3) is 5.93. The molecule has 2 aliphatic rings. The van der Waals surface area contributed by atoms with Crippen LogP contribution >= 0.6 is 0 Å². The summed E-state index contributed by atoms with van der Waals surface area (Å²) in [5.41, 5.74) is 14.6. The number of aliphatic imine (C=N–C) groups is 2. The number of benzene rings is 5. The van der Waals surface area contributed by atoms with Gasteiger partial charge in [0.15, 0.2) is 0 Å². The van der Waals surface area contributed by atoms with Gasteiger partial charge < -0.3 is 9.13 Å². The van der Waals surface area contributed by atoms with Crippen molar-refractivity contribution < 1.29 is 0 Å². The van der Waals surface area contributed by atoms with Gasteiger partial charge in [0, 0.05) is 34.6 Å². The minimum absolute atomic E-state index is 0.908. The van der Waals surface area contributed by atoms with Crippen molar-refractivity contribution in [1.29, 1.82) is 0 Å². The van der Waals surface area contributed by atoms with Gasteiger partial charge in [0.25, 0.3) is 0 Å². The first kappa shape index (κ1) is 31.0. The lowest BCUT2D eigenvalue weighted by Gasteiger charge is -2.18. The molecule has 0 radical (unpaired) electrons. The molecule has 0 amide bonds. The number of aromatic nitrogens is 2. The molecule has 0 bridgehead atoms. The van der Waals surface area contributed by atoms with Gasteiger partial charge in [-0.2, -0.15) is 0 Å². The SMILES string of the molecule is C1=C/C(=C(\c2ccc(/C(=C3/C=CC(c4ccccc4)=N3)n3cccc3-c3ccccc3)cc2)n2cccc2-c2ccccc2)N=C1c1ccccc1. The molecule has 2 aromatic heterocycles. The summed E-state index contributed by atoms with van der Waals surface area (Å²) in [7, 11) is 0. The van der Waals surface area contributed by atoms with Gasteiger partial charge in [-0.15, -0.1) is 0 Å². The predicted molar refractivity (Wildman–Crippen MR) is 215 cm³/mol. The molecule has 9 rings (SSSR count).